The van der Waals surface area contributed by atoms with Crippen molar-refractivity contribution in [2.45, 2.75) is 31.8 Å². The summed E-state index contributed by atoms with van der Waals surface area (Å²) in [6.07, 6.45) is 4.52. The highest BCUT2D eigenvalue weighted by atomic mass is 19.4. The number of aliphatic imine (C=N–C) groups is 1. The number of rotatable bonds is 4. The lowest BCUT2D eigenvalue weighted by atomic mass is 9.96. The van der Waals surface area contributed by atoms with Gasteiger partial charge in [-0.1, -0.05) is 24.3 Å². The van der Waals surface area contributed by atoms with Crippen molar-refractivity contribution in [1.29, 1.82) is 0 Å². The molecule has 0 fully saturated rings. The normalized spacial score (nSPS) is 20.1. The number of ether oxygens (including phenoxy) is 1. The number of nitrogens with one attached hydrogen (secondary N) is 1. The lowest BCUT2D eigenvalue weighted by Gasteiger charge is -2.40. The minimum absolute atomic E-state index is 0.142. The van der Waals surface area contributed by atoms with Crippen molar-refractivity contribution in [1.82, 2.24) is 15.4 Å². The maximum absolute atomic E-state index is 12.6. The highest BCUT2D eigenvalue weighted by Crippen LogP contribution is 2.35. The lowest BCUT2D eigenvalue weighted by Crippen LogP contribution is -2.46. The summed E-state index contributed by atoms with van der Waals surface area (Å²) in [5.74, 6) is 0.449. The van der Waals surface area contributed by atoms with Crippen LogP contribution in [0, 0.1) is 0 Å². The van der Waals surface area contributed by atoms with E-state index in [0.29, 0.717) is 12.4 Å². The average molecular weight is 400 g/mol. The third-order valence-corrected chi connectivity index (χ3v) is 4.64. The fraction of sp³-hybridized carbons (Fsp3) is 0.238. The van der Waals surface area contributed by atoms with Crippen LogP contribution < -0.4 is 10.2 Å². The Labute approximate surface area is 166 Å². The largest absolute Gasteiger partial charge is 0.573 e. The number of benzene rings is 1. The molecule has 150 valence electrons. The molecule has 29 heavy (non-hydrogen) atoms. The first kappa shape index (κ1) is 19.0. The molecule has 1 N–H and O–H groups in total. The Morgan fingerprint density at radius 3 is 2.86 bits per heavy atom. The highest BCUT2D eigenvalue weighted by molar-refractivity contribution is 5.94. The van der Waals surface area contributed by atoms with Gasteiger partial charge in [0, 0.05) is 6.20 Å². The zero-order valence-electron chi connectivity index (χ0n) is 15.4. The van der Waals surface area contributed by atoms with Gasteiger partial charge < -0.3 is 4.74 Å². The summed E-state index contributed by atoms with van der Waals surface area (Å²) in [7, 11) is 0. The zero-order valence-corrected chi connectivity index (χ0v) is 15.4. The van der Waals surface area contributed by atoms with Crippen molar-refractivity contribution in [2.24, 2.45) is 4.99 Å². The molecule has 5 nitrogen and oxygen atoms in total. The van der Waals surface area contributed by atoms with E-state index in [1.165, 1.54) is 12.1 Å². The van der Waals surface area contributed by atoms with E-state index < -0.39 is 6.36 Å². The van der Waals surface area contributed by atoms with Gasteiger partial charge >= 0.3 is 6.36 Å². The summed E-state index contributed by atoms with van der Waals surface area (Å²) in [4.78, 5) is 8.81. The fourth-order valence-electron chi connectivity index (χ4n) is 3.39. The predicted molar refractivity (Wildman–Crippen MR) is 103 cm³/mol. The van der Waals surface area contributed by atoms with Crippen molar-refractivity contribution < 1.29 is 17.9 Å². The first-order chi connectivity index (χ1) is 14.0. The number of fused-ring (bicyclic) bond motifs is 1. The van der Waals surface area contributed by atoms with Crippen LogP contribution in [0.5, 0.6) is 5.75 Å². The molecule has 2 aliphatic heterocycles. The molecule has 1 atom stereocenters. The summed E-state index contributed by atoms with van der Waals surface area (Å²) in [6, 6.07) is 11.6. The molecule has 3 heterocycles. The Bertz CT molecular complexity index is 954. The average Bonchev–Trinajstić information content (AvgIpc) is 2.71. The van der Waals surface area contributed by atoms with Gasteiger partial charge in [-0.25, -0.2) is 0 Å². The van der Waals surface area contributed by atoms with Gasteiger partial charge in [0.05, 0.1) is 24.0 Å². The van der Waals surface area contributed by atoms with Crippen molar-refractivity contribution in [3.8, 4) is 5.75 Å². The second-order valence-electron chi connectivity index (χ2n) is 6.68. The third-order valence-electron chi connectivity index (χ3n) is 4.64. The number of aromatic nitrogens is 1. The smallest absolute Gasteiger partial charge is 0.406 e. The van der Waals surface area contributed by atoms with Crippen molar-refractivity contribution in [3.63, 3.8) is 0 Å². The van der Waals surface area contributed by atoms with E-state index in [9.17, 15) is 13.2 Å². The summed E-state index contributed by atoms with van der Waals surface area (Å²) >= 11 is 0. The van der Waals surface area contributed by atoms with Crippen LogP contribution in [-0.2, 0) is 6.54 Å². The maximum Gasteiger partial charge on any atom is 0.573 e. The second kappa shape index (κ2) is 7.98. The third kappa shape index (κ3) is 4.77. The minimum Gasteiger partial charge on any atom is -0.406 e. The molecule has 2 aliphatic rings. The van der Waals surface area contributed by atoms with Gasteiger partial charge in [0.1, 0.15) is 11.6 Å². The first-order valence-corrected chi connectivity index (χ1v) is 9.22. The van der Waals surface area contributed by atoms with Gasteiger partial charge in [0.2, 0.25) is 0 Å². The van der Waals surface area contributed by atoms with E-state index in [1.54, 1.807) is 12.3 Å². The van der Waals surface area contributed by atoms with Crippen LogP contribution in [0.25, 0.3) is 0 Å². The monoisotopic (exact) mass is 400 g/mol. The number of amidine groups is 1. The fourth-order valence-corrected chi connectivity index (χ4v) is 3.39. The number of hydrazine groups is 1. The Morgan fingerprint density at radius 1 is 1.17 bits per heavy atom. The molecule has 1 unspecified atom stereocenters. The number of nitrogens with zero attached hydrogens (tertiary/aromatic N) is 3. The van der Waals surface area contributed by atoms with Crippen molar-refractivity contribution >= 4 is 5.84 Å². The molecule has 0 aliphatic carbocycles. The Morgan fingerprint density at radius 2 is 2.07 bits per heavy atom. The molecular formula is C21H19F3N4O. The number of halogens is 3. The first-order valence-electron chi connectivity index (χ1n) is 9.22. The number of pyridine rings is 1. The molecule has 1 aromatic carbocycles. The van der Waals surface area contributed by atoms with E-state index in [2.05, 4.69) is 26.2 Å². The van der Waals surface area contributed by atoms with Crippen LogP contribution in [0.1, 0.15) is 30.1 Å². The van der Waals surface area contributed by atoms with Gasteiger partial charge in [-0.05, 0) is 54.8 Å². The maximum atomic E-state index is 12.6. The standard InChI is InChI=1S/C21H19F3N4O/c22-21(23,24)29-18-8-3-5-15(13-18)19-9-4-7-17-10-11-20(27-28(17)19)26-14-16-6-1-2-12-25-16/h1-3,5-8,10-13,19H,4,9,14H2,(H,26,27). The Balaban J connectivity index is 1.54. The summed E-state index contributed by atoms with van der Waals surface area (Å²) in [5, 5.41) is 1.94. The van der Waals surface area contributed by atoms with Crippen LogP contribution in [0.3, 0.4) is 0 Å². The molecule has 0 radical (unpaired) electrons. The molecule has 0 amide bonds. The van der Waals surface area contributed by atoms with E-state index >= 15 is 0 Å². The summed E-state index contributed by atoms with van der Waals surface area (Å²) in [5.41, 5.74) is 5.83. The summed E-state index contributed by atoms with van der Waals surface area (Å²) in [6.45, 7) is 0.431. The zero-order chi connectivity index (χ0) is 20.3. The number of hydrogen-bond donors (Lipinski definition) is 1. The topological polar surface area (TPSA) is 49.8 Å². The van der Waals surface area contributed by atoms with Gasteiger partial charge in [0.15, 0.2) is 0 Å². The predicted octanol–water partition coefficient (Wildman–Crippen LogP) is 4.67. The molecule has 8 heteroatoms. The van der Waals surface area contributed by atoms with Crippen LogP contribution >= 0.6 is 0 Å². The van der Waals surface area contributed by atoms with Gasteiger partial charge in [-0.3, -0.25) is 20.4 Å². The second-order valence-corrected chi connectivity index (χ2v) is 6.68. The van der Waals surface area contributed by atoms with Crippen molar-refractivity contribution in [3.05, 3.63) is 83.8 Å². The molecule has 2 aromatic rings. The van der Waals surface area contributed by atoms with Gasteiger partial charge in [-0.15, -0.1) is 13.2 Å². The molecule has 0 saturated carbocycles. The number of alkyl halides is 3. The highest BCUT2D eigenvalue weighted by Gasteiger charge is 2.32. The quantitative estimate of drug-likeness (QED) is 0.810. The van der Waals surface area contributed by atoms with Crippen LogP contribution in [0.4, 0.5) is 13.2 Å². The molecule has 4 rings (SSSR count). The van der Waals surface area contributed by atoms with E-state index in [0.717, 1.165) is 29.8 Å². The van der Waals surface area contributed by atoms with Gasteiger partial charge in [-0.2, -0.15) is 0 Å². The van der Waals surface area contributed by atoms with Crippen LogP contribution in [-0.4, -0.2) is 22.2 Å². The number of hydrogen-bond acceptors (Lipinski definition) is 4. The van der Waals surface area contributed by atoms with E-state index in [1.807, 2.05) is 41.4 Å². The Kier molecular flexibility index (Phi) is 5.24. The van der Waals surface area contributed by atoms with Crippen molar-refractivity contribution in [2.75, 3.05) is 0 Å². The molecule has 1 aromatic heterocycles. The Hall–Kier alpha value is -3.29. The molecule has 0 spiro atoms. The molecule has 0 bridgehead atoms. The minimum atomic E-state index is -4.71. The molecular weight excluding hydrogens is 381 g/mol. The van der Waals surface area contributed by atoms with Gasteiger partial charge in [0.25, 0.3) is 0 Å². The van der Waals surface area contributed by atoms with Crippen LogP contribution in [0.15, 0.2) is 77.6 Å². The SMILES string of the molecule is FC(F)(F)Oc1cccc(C2CCC=C3C=CC(=NCc4ccccn4)NN32)c1. The van der Waals surface area contributed by atoms with Crippen LogP contribution in [0.2, 0.25) is 0 Å². The molecule has 0 saturated heterocycles. The van der Waals surface area contributed by atoms with E-state index in [4.69, 9.17) is 0 Å². The number of allylic oxidation sites excluding steroid dienone is 2. The summed E-state index contributed by atoms with van der Waals surface area (Å²) < 4.78 is 41.8. The lowest BCUT2D eigenvalue weighted by molar-refractivity contribution is -0.274. The van der Waals surface area contributed by atoms with E-state index in [-0.39, 0.29) is 11.8 Å².